The first-order valence-electron chi connectivity index (χ1n) is 7.71. The van der Waals surface area contributed by atoms with E-state index in [-0.39, 0.29) is 5.91 Å². The Morgan fingerprint density at radius 1 is 1.31 bits per heavy atom. The molecule has 2 N–H and O–H groups in total. The lowest BCUT2D eigenvalue weighted by Gasteiger charge is -2.27. The number of alkyl halides is 3. The molecule has 2 aromatic heterocycles. The quantitative estimate of drug-likeness (QED) is 0.394. The molecule has 1 aliphatic carbocycles. The first-order valence-corrected chi connectivity index (χ1v) is 10.5. The van der Waals surface area contributed by atoms with E-state index in [4.69, 9.17) is 39.5 Å². The highest BCUT2D eigenvalue weighted by molar-refractivity contribution is 7.16. The fourth-order valence-corrected chi connectivity index (χ4v) is 5.02. The molecule has 0 saturated heterocycles. The number of aryl methyl sites for hydroxylation is 1. The van der Waals surface area contributed by atoms with Gasteiger partial charge < -0.3 is 15.4 Å². The summed E-state index contributed by atoms with van der Waals surface area (Å²) < 4.78 is 3.09. The van der Waals surface area contributed by atoms with Crippen molar-refractivity contribution in [2.75, 3.05) is 12.4 Å². The molecule has 0 aromatic carbocycles. The molecule has 1 aliphatic rings. The molecular formula is C16H15Cl3N2O3S2. The van der Waals surface area contributed by atoms with Gasteiger partial charge in [0.15, 0.2) is 0 Å². The summed E-state index contributed by atoms with van der Waals surface area (Å²) in [5.41, 5.74) is 1.42. The number of thiophene rings is 2. The van der Waals surface area contributed by atoms with Crippen LogP contribution >= 0.6 is 57.5 Å². The molecule has 0 fully saturated rings. The number of fused-ring (bicyclic) bond motifs is 1. The van der Waals surface area contributed by atoms with Gasteiger partial charge in [-0.25, -0.2) is 4.79 Å². The number of carbonyl (C=O) groups excluding carboxylic acids is 2. The van der Waals surface area contributed by atoms with Gasteiger partial charge in [0.2, 0.25) is 3.79 Å². The van der Waals surface area contributed by atoms with Crippen LogP contribution in [0.2, 0.25) is 0 Å². The summed E-state index contributed by atoms with van der Waals surface area (Å²) in [6.45, 7) is 0. The van der Waals surface area contributed by atoms with Gasteiger partial charge in [0.05, 0.1) is 17.6 Å². The van der Waals surface area contributed by atoms with Gasteiger partial charge in [-0.3, -0.25) is 4.79 Å². The maximum absolute atomic E-state index is 12.4. The van der Waals surface area contributed by atoms with Crippen molar-refractivity contribution in [1.82, 2.24) is 5.32 Å². The van der Waals surface area contributed by atoms with E-state index in [9.17, 15) is 9.59 Å². The summed E-state index contributed by atoms with van der Waals surface area (Å²) in [5.74, 6) is -0.813. The molecule has 2 aromatic rings. The van der Waals surface area contributed by atoms with E-state index in [1.54, 1.807) is 17.5 Å². The van der Waals surface area contributed by atoms with Gasteiger partial charge in [-0.1, -0.05) is 40.9 Å². The minimum absolute atomic E-state index is 0.368. The summed E-state index contributed by atoms with van der Waals surface area (Å²) >= 11 is 20.9. The topological polar surface area (TPSA) is 67.4 Å². The van der Waals surface area contributed by atoms with Crippen LogP contribution in [0.1, 0.15) is 36.9 Å². The summed E-state index contributed by atoms with van der Waals surface area (Å²) in [6, 6.07) is 3.44. The second-order valence-corrected chi connectivity index (χ2v) is 10.0. The van der Waals surface area contributed by atoms with Gasteiger partial charge in [-0.05, 0) is 36.3 Å². The Hall–Kier alpha value is -0.990. The third-order valence-corrected chi connectivity index (χ3v) is 6.68. The van der Waals surface area contributed by atoms with Crippen molar-refractivity contribution in [1.29, 1.82) is 0 Å². The zero-order valence-corrected chi connectivity index (χ0v) is 17.5. The highest BCUT2D eigenvalue weighted by Crippen LogP contribution is 2.41. The van der Waals surface area contributed by atoms with Gasteiger partial charge >= 0.3 is 5.97 Å². The van der Waals surface area contributed by atoms with Crippen LogP contribution in [0.25, 0.3) is 0 Å². The fourth-order valence-electron chi connectivity index (χ4n) is 2.76. The zero-order valence-electron chi connectivity index (χ0n) is 13.6. The van der Waals surface area contributed by atoms with Gasteiger partial charge in [-0.15, -0.1) is 22.7 Å². The minimum Gasteiger partial charge on any atom is -0.465 e. The number of anilines is 1. The van der Waals surface area contributed by atoms with Crippen LogP contribution in [0.3, 0.4) is 0 Å². The fraction of sp³-hybridized carbons (Fsp3) is 0.375. The molecule has 2 heterocycles. The monoisotopic (exact) mass is 452 g/mol. The van der Waals surface area contributed by atoms with E-state index in [0.717, 1.165) is 29.7 Å². The van der Waals surface area contributed by atoms with Crippen LogP contribution in [0, 0.1) is 0 Å². The predicted octanol–water partition coefficient (Wildman–Crippen LogP) is 4.62. The molecule has 0 spiro atoms. The molecule has 0 saturated carbocycles. The number of amides is 1. The summed E-state index contributed by atoms with van der Waals surface area (Å²) in [5, 5.41) is 8.01. The largest absolute Gasteiger partial charge is 0.465 e. The first-order chi connectivity index (χ1) is 12.3. The lowest BCUT2D eigenvalue weighted by atomic mass is 10.1. The maximum atomic E-state index is 12.4. The Bertz CT molecular complexity index is 816. The van der Waals surface area contributed by atoms with Crippen molar-refractivity contribution in [3.63, 3.8) is 0 Å². The van der Waals surface area contributed by atoms with Gasteiger partial charge in [0, 0.05) is 4.88 Å². The van der Waals surface area contributed by atoms with Crippen LogP contribution in [-0.2, 0) is 17.6 Å². The number of ether oxygens (including phenoxy) is 1. The molecule has 10 heteroatoms. The minimum atomic E-state index is -1.82. The van der Waals surface area contributed by atoms with Gasteiger partial charge in [0.1, 0.15) is 11.2 Å². The molecule has 0 radical (unpaired) electrons. The van der Waals surface area contributed by atoms with Crippen LogP contribution in [0.15, 0.2) is 17.5 Å². The Morgan fingerprint density at radius 2 is 2.08 bits per heavy atom. The van der Waals surface area contributed by atoms with Crippen molar-refractivity contribution < 1.29 is 14.3 Å². The average Bonchev–Trinajstić information content (AvgIpc) is 3.29. The SMILES string of the molecule is COC(=O)c1c(N[C@@H](NC(=O)c2cccs2)C(Cl)(Cl)Cl)sc2c1CCC2. The lowest BCUT2D eigenvalue weighted by molar-refractivity contribution is 0.0601. The van der Waals surface area contributed by atoms with E-state index in [1.807, 2.05) is 0 Å². The van der Waals surface area contributed by atoms with Crippen LogP contribution < -0.4 is 10.6 Å². The van der Waals surface area contributed by atoms with Crippen LogP contribution in [-0.4, -0.2) is 28.9 Å². The molecule has 1 atom stereocenters. The van der Waals surface area contributed by atoms with Crippen LogP contribution in [0.5, 0.6) is 0 Å². The van der Waals surface area contributed by atoms with E-state index in [1.165, 1.54) is 29.8 Å². The number of hydrogen-bond donors (Lipinski definition) is 2. The van der Waals surface area contributed by atoms with Gasteiger partial charge in [-0.2, -0.15) is 0 Å². The molecule has 5 nitrogen and oxygen atoms in total. The second-order valence-electron chi connectivity index (χ2n) is 5.62. The number of nitrogens with one attached hydrogen (secondary N) is 2. The smallest absolute Gasteiger partial charge is 0.341 e. The van der Waals surface area contributed by atoms with E-state index in [0.29, 0.717) is 15.4 Å². The van der Waals surface area contributed by atoms with Gasteiger partial charge in [0.25, 0.3) is 5.91 Å². The Balaban J connectivity index is 1.88. The Labute approximate surface area is 173 Å². The summed E-state index contributed by atoms with van der Waals surface area (Å²) in [6.07, 6.45) is 1.67. The molecule has 140 valence electrons. The Morgan fingerprint density at radius 3 is 2.69 bits per heavy atom. The molecule has 0 unspecified atom stereocenters. The number of methoxy groups -OCH3 is 1. The van der Waals surface area contributed by atoms with Crippen LogP contribution in [0.4, 0.5) is 5.00 Å². The van der Waals surface area contributed by atoms with Crippen molar-refractivity contribution in [2.45, 2.75) is 29.2 Å². The third kappa shape index (κ3) is 4.12. The highest BCUT2D eigenvalue weighted by Gasteiger charge is 2.37. The average molecular weight is 454 g/mol. The number of carbonyl (C=O) groups is 2. The summed E-state index contributed by atoms with van der Waals surface area (Å²) in [7, 11) is 1.33. The molecular weight excluding hydrogens is 439 g/mol. The van der Waals surface area contributed by atoms with E-state index in [2.05, 4.69) is 10.6 Å². The number of hydrogen-bond acceptors (Lipinski definition) is 6. The zero-order chi connectivity index (χ0) is 18.9. The van der Waals surface area contributed by atoms with Crippen molar-refractivity contribution in [3.05, 3.63) is 38.4 Å². The molecule has 0 aliphatic heterocycles. The molecule has 3 rings (SSSR count). The predicted molar refractivity (Wildman–Crippen MR) is 107 cm³/mol. The van der Waals surface area contributed by atoms with E-state index >= 15 is 0 Å². The first kappa shape index (κ1) is 19.8. The third-order valence-electron chi connectivity index (χ3n) is 3.93. The van der Waals surface area contributed by atoms with Crippen molar-refractivity contribution >= 4 is 74.4 Å². The molecule has 1 amide bonds. The molecule has 0 bridgehead atoms. The number of rotatable bonds is 5. The lowest BCUT2D eigenvalue weighted by Crippen LogP contribution is -2.49. The normalized spacial score (nSPS) is 14.6. The standard InChI is InChI=1S/C16H15Cl3N2O3S2/c1-24-14(23)11-8-4-2-5-9(8)26-13(11)21-15(16(17,18)19)20-12(22)10-6-3-7-25-10/h3,6-7,15,21H,2,4-5H2,1H3,(H,20,22)/t15-/m1/s1. The highest BCUT2D eigenvalue weighted by atomic mass is 35.6. The number of halogens is 3. The van der Waals surface area contributed by atoms with Crippen molar-refractivity contribution in [2.24, 2.45) is 0 Å². The maximum Gasteiger partial charge on any atom is 0.341 e. The summed E-state index contributed by atoms with van der Waals surface area (Å²) in [4.78, 5) is 26.2. The second kappa shape index (κ2) is 7.94. The molecule has 26 heavy (non-hydrogen) atoms. The van der Waals surface area contributed by atoms with E-state index < -0.39 is 15.9 Å². The number of esters is 1. The van der Waals surface area contributed by atoms with Crippen molar-refractivity contribution in [3.8, 4) is 0 Å². The Kier molecular flexibility index (Phi) is 6.04.